The van der Waals surface area contributed by atoms with Crippen LogP contribution in [0.4, 0.5) is 0 Å². The molecular weight excluding hydrogens is 364 g/mol. The van der Waals surface area contributed by atoms with Crippen molar-refractivity contribution in [2.75, 3.05) is 0 Å². The van der Waals surface area contributed by atoms with Crippen molar-refractivity contribution in [3.8, 4) is 22.3 Å². The zero-order valence-corrected chi connectivity index (χ0v) is 16.3. The van der Waals surface area contributed by atoms with Crippen molar-refractivity contribution in [2.45, 2.75) is 5.41 Å². The Bertz CT molecular complexity index is 1430. The molecule has 0 N–H and O–H groups in total. The Kier molecular flexibility index (Phi) is 2.99. The zero-order valence-electron chi connectivity index (χ0n) is 16.3. The maximum absolute atomic E-state index is 5.82. The summed E-state index contributed by atoms with van der Waals surface area (Å²) in [6.07, 6.45) is 6.45. The molecule has 0 fully saturated rings. The predicted octanol–water partition coefficient (Wildman–Crippen LogP) is 7.44. The first-order valence-electron chi connectivity index (χ1n) is 10.4. The van der Waals surface area contributed by atoms with E-state index in [9.17, 15) is 0 Å². The van der Waals surface area contributed by atoms with Gasteiger partial charge in [-0.2, -0.15) is 0 Å². The summed E-state index contributed by atoms with van der Waals surface area (Å²) in [6, 6.07) is 33.0. The van der Waals surface area contributed by atoms with E-state index in [0.29, 0.717) is 0 Å². The quantitative estimate of drug-likeness (QED) is 0.271. The Balaban J connectivity index is 1.70. The van der Waals surface area contributed by atoms with Gasteiger partial charge in [-0.15, -0.1) is 0 Å². The average molecular weight is 382 g/mol. The van der Waals surface area contributed by atoms with E-state index in [-0.39, 0.29) is 5.41 Å². The number of rotatable bonds is 0. The van der Waals surface area contributed by atoms with E-state index in [1.54, 1.807) is 6.26 Å². The van der Waals surface area contributed by atoms with Crippen LogP contribution in [0.1, 0.15) is 22.3 Å². The summed E-state index contributed by atoms with van der Waals surface area (Å²) in [5.74, 6) is 0. The van der Waals surface area contributed by atoms with Crippen molar-refractivity contribution in [1.82, 2.24) is 0 Å². The van der Waals surface area contributed by atoms with Gasteiger partial charge >= 0.3 is 0 Å². The van der Waals surface area contributed by atoms with Crippen molar-refractivity contribution >= 4 is 17.0 Å². The number of benzene rings is 4. The fraction of sp³-hybridized carbons (Fsp3) is 0.0345. The summed E-state index contributed by atoms with van der Waals surface area (Å²) < 4.78 is 5.82. The number of allylic oxidation sites excluding steroid dienone is 1. The zero-order chi connectivity index (χ0) is 19.7. The number of furan rings is 1. The highest BCUT2D eigenvalue weighted by Gasteiger charge is 2.43. The molecule has 0 unspecified atom stereocenters. The van der Waals surface area contributed by atoms with Gasteiger partial charge < -0.3 is 4.42 Å². The van der Waals surface area contributed by atoms with Gasteiger partial charge in [-0.25, -0.2) is 0 Å². The van der Waals surface area contributed by atoms with Gasteiger partial charge in [-0.3, -0.25) is 0 Å². The Morgan fingerprint density at radius 3 is 1.83 bits per heavy atom. The van der Waals surface area contributed by atoms with Crippen LogP contribution in [-0.4, -0.2) is 0 Å². The molecule has 0 saturated carbocycles. The molecule has 5 aromatic rings. The first-order valence-corrected chi connectivity index (χ1v) is 10.4. The molecule has 0 saturated heterocycles. The number of hydrogen-bond donors (Lipinski definition) is 0. The van der Waals surface area contributed by atoms with Crippen LogP contribution in [0, 0.1) is 0 Å². The van der Waals surface area contributed by atoms with Crippen molar-refractivity contribution in [3.63, 3.8) is 0 Å². The number of hydrogen-bond acceptors (Lipinski definition) is 1. The Morgan fingerprint density at radius 1 is 0.567 bits per heavy atom. The second-order valence-electron chi connectivity index (χ2n) is 8.18. The summed E-state index contributed by atoms with van der Waals surface area (Å²) in [5, 5.41) is 1.15. The fourth-order valence-electron chi connectivity index (χ4n) is 5.50. The molecule has 1 heterocycles. The fourth-order valence-corrected chi connectivity index (χ4v) is 5.50. The highest BCUT2D eigenvalue weighted by Crippen LogP contribution is 2.55. The average Bonchev–Trinajstić information content (AvgIpc) is 3.39. The maximum atomic E-state index is 5.82. The topological polar surface area (TPSA) is 13.1 Å². The lowest BCUT2D eigenvalue weighted by atomic mass is 9.69. The molecule has 2 aliphatic carbocycles. The third kappa shape index (κ3) is 1.87. The van der Waals surface area contributed by atoms with Crippen molar-refractivity contribution in [1.29, 1.82) is 0 Å². The van der Waals surface area contributed by atoms with Crippen LogP contribution in [0.2, 0.25) is 0 Å². The lowest BCUT2D eigenvalue weighted by Gasteiger charge is -2.32. The molecule has 7 rings (SSSR count). The third-order valence-electron chi connectivity index (χ3n) is 6.77. The second kappa shape index (κ2) is 5.61. The largest absolute Gasteiger partial charge is 0.464 e. The van der Waals surface area contributed by atoms with E-state index in [2.05, 4.69) is 97.1 Å². The molecule has 1 aromatic heterocycles. The summed E-state index contributed by atoms with van der Waals surface area (Å²) in [6.45, 7) is 0. The highest BCUT2D eigenvalue weighted by atomic mass is 16.3. The molecule has 1 spiro atoms. The monoisotopic (exact) mass is 382 g/mol. The lowest BCUT2D eigenvalue weighted by Crippen LogP contribution is -2.26. The van der Waals surface area contributed by atoms with Gasteiger partial charge in [-0.05, 0) is 62.7 Å². The normalized spacial score (nSPS) is 14.8. The lowest BCUT2D eigenvalue weighted by molar-refractivity contribution is 0.614. The van der Waals surface area contributed by atoms with E-state index < -0.39 is 0 Å². The Morgan fingerprint density at radius 2 is 1.17 bits per heavy atom. The minimum absolute atomic E-state index is 0.345. The van der Waals surface area contributed by atoms with Gasteiger partial charge in [-0.1, -0.05) is 84.9 Å². The molecule has 0 aliphatic heterocycles. The summed E-state index contributed by atoms with van der Waals surface area (Å²) in [7, 11) is 0. The second-order valence-corrected chi connectivity index (χ2v) is 8.18. The first kappa shape index (κ1) is 16.0. The maximum Gasteiger partial charge on any atom is 0.134 e. The van der Waals surface area contributed by atoms with Crippen LogP contribution in [0.15, 0.2) is 108 Å². The molecule has 30 heavy (non-hydrogen) atoms. The molecule has 0 bridgehead atoms. The van der Waals surface area contributed by atoms with E-state index >= 15 is 0 Å². The van der Waals surface area contributed by atoms with Crippen LogP contribution in [0.5, 0.6) is 0 Å². The van der Waals surface area contributed by atoms with Crippen molar-refractivity contribution in [3.05, 3.63) is 126 Å². The van der Waals surface area contributed by atoms with Gasteiger partial charge in [0.05, 0.1) is 11.7 Å². The van der Waals surface area contributed by atoms with Crippen LogP contribution < -0.4 is 0 Å². The van der Waals surface area contributed by atoms with Gasteiger partial charge in [0.25, 0.3) is 0 Å². The molecule has 140 valence electrons. The van der Waals surface area contributed by atoms with Crippen LogP contribution >= 0.6 is 0 Å². The number of fused-ring (bicyclic) bond motifs is 10. The van der Waals surface area contributed by atoms with Crippen LogP contribution in [0.3, 0.4) is 0 Å². The SMILES string of the molecule is C1=CC2(c3cc4occc4cc31)c1ccccc1-c1ccccc1-c1ccccc12. The van der Waals surface area contributed by atoms with E-state index in [4.69, 9.17) is 4.42 Å². The van der Waals surface area contributed by atoms with Crippen molar-refractivity contribution in [2.24, 2.45) is 0 Å². The van der Waals surface area contributed by atoms with E-state index in [0.717, 1.165) is 11.0 Å². The van der Waals surface area contributed by atoms with Crippen molar-refractivity contribution < 1.29 is 4.42 Å². The summed E-state index contributed by atoms with van der Waals surface area (Å²) in [4.78, 5) is 0. The molecular formula is C29H18O. The van der Waals surface area contributed by atoms with Crippen LogP contribution in [0.25, 0.3) is 39.3 Å². The Labute approximate surface area is 174 Å². The molecule has 4 aromatic carbocycles. The Hall–Kier alpha value is -3.84. The molecule has 1 heteroatoms. The summed E-state index contributed by atoms with van der Waals surface area (Å²) >= 11 is 0. The smallest absolute Gasteiger partial charge is 0.134 e. The van der Waals surface area contributed by atoms with Gasteiger partial charge in [0.2, 0.25) is 0 Å². The molecule has 0 radical (unpaired) electrons. The minimum atomic E-state index is -0.345. The highest BCUT2D eigenvalue weighted by molar-refractivity contribution is 5.95. The molecule has 0 atom stereocenters. The van der Waals surface area contributed by atoms with Gasteiger partial charge in [0, 0.05) is 5.39 Å². The predicted molar refractivity (Wildman–Crippen MR) is 122 cm³/mol. The van der Waals surface area contributed by atoms with E-state index in [1.165, 1.54) is 44.5 Å². The van der Waals surface area contributed by atoms with E-state index in [1.807, 2.05) is 6.07 Å². The molecule has 2 aliphatic rings. The minimum Gasteiger partial charge on any atom is -0.464 e. The van der Waals surface area contributed by atoms with Crippen LogP contribution in [-0.2, 0) is 5.41 Å². The standard InChI is InChI=1S/C29H18O/c1-2-8-22-21(7-1)23-9-3-5-11-25(23)29(26-12-6-4-10-24(22)26)15-13-19-17-20-14-16-30-28(20)18-27(19)29/h1-18H. The third-order valence-corrected chi connectivity index (χ3v) is 6.77. The van der Waals surface area contributed by atoms with Gasteiger partial charge in [0.15, 0.2) is 0 Å². The molecule has 1 nitrogen and oxygen atoms in total. The van der Waals surface area contributed by atoms with Gasteiger partial charge in [0.1, 0.15) is 5.58 Å². The summed E-state index contributed by atoms with van der Waals surface area (Å²) in [5.41, 5.74) is 11.0. The first-order chi connectivity index (χ1) is 14.9. The molecule has 0 amide bonds.